The molecular formula is C11H10BrFN2O. The van der Waals surface area contributed by atoms with E-state index in [0.717, 1.165) is 15.6 Å². The molecular weight excluding hydrogens is 275 g/mol. The third-order valence-corrected chi connectivity index (χ3v) is 2.91. The van der Waals surface area contributed by atoms with Gasteiger partial charge in [0.1, 0.15) is 12.1 Å². The van der Waals surface area contributed by atoms with Crippen LogP contribution in [0.25, 0.3) is 0 Å². The lowest BCUT2D eigenvalue weighted by molar-refractivity contribution is 0.418. The molecule has 2 aromatic rings. The van der Waals surface area contributed by atoms with Crippen molar-refractivity contribution < 1.29 is 8.91 Å². The number of aromatic nitrogens is 1. The van der Waals surface area contributed by atoms with E-state index >= 15 is 0 Å². The van der Waals surface area contributed by atoms with Crippen LogP contribution in [0.4, 0.5) is 4.39 Å². The van der Waals surface area contributed by atoms with E-state index in [4.69, 9.17) is 4.52 Å². The van der Waals surface area contributed by atoms with Gasteiger partial charge < -0.3 is 9.84 Å². The van der Waals surface area contributed by atoms with Gasteiger partial charge in [0.05, 0.1) is 6.20 Å². The smallest absolute Gasteiger partial charge is 0.128 e. The molecule has 0 aliphatic rings. The second-order valence-corrected chi connectivity index (χ2v) is 4.23. The first kappa shape index (κ1) is 11.3. The second-order valence-electron chi connectivity index (χ2n) is 3.37. The average Bonchev–Trinajstić information content (AvgIpc) is 2.76. The zero-order valence-corrected chi connectivity index (χ0v) is 10.00. The van der Waals surface area contributed by atoms with Crippen LogP contribution in [0.15, 0.2) is 39.7 Å². The number of rotatable bonds is 4. The highest BCUT2D eigenvalue weighted by molar-refractivity contribution is 9.10. The van der Waals surface area contributed by atoms with Gasteiger partial charge in [-0.15, -0.1) is 0 Å². The lowest BCUT2D eigenvalue weighted by Crippen LogP contribution is -2.12. The fourth-order valence-electron chi connectivity index (χ4n) is 1.33. The normalized spacial score (nSPS) is 10.6. The molecule has 1 aromatic heterocycles. The molecule has 5 heteroatoms. The molecule has 0 fully saturated rings. The molecule has 0 amide bonds. The van der Waals surface area contributed by atoms with E-state index in [1.165, 1.54) is 12.1 Å². The van der Waals surface area contributed by atoms with Crippen molar-refractivity contribution in [2.75, 3.05) is 0 Å². The largest absolute Gasteiger partial charge is 0.364 e. The Bertz CT molecular complexity index is 459. The SMILES string of the molecule is Fc1ccc(Br)c(CNCc2cnoc2)c1. The molecule has 1 aromatic carbocycles. The molecule has 2 rings (SSSR count). The van der Waals surface area contributed by atoms with Crippen LogP contribution in [0.5, 0.6) is 0 Å². The van der Waals surface area contributed by atoms with Crippen molar-refractivity contribution in [3.05, 3.63) is 52.1 Å². The van der Waals surface area contributed by atoms with Gasteiger partial charge in [-0.3, -0.25) is 0 Å². The van der Waals surface area contributed by atoms with Gasteiger partial charge >= 0.3 is 0 Å². The summed E-state index contributed by atoms with van der Waals surface area (Å²) in [7, 11) is 0. The zero-order valence-electron chi connectivity index (χ0n) is 8.41. The number of hydrogen-bond donors (Lipinski definition) is 1. The summed E-state index contributed by atoms with van der Waals surface area (Å²) in [6, 6.07) is 4.63. The highest BCUT2D eigenvalue weighted by Crippen LogP contribution is 2.17. The van der Waals surface area contributed by atoms with Gasteiger partial charge in [0.25, 0.3) is 0 Å². The van der Waals surface area contributed by atoms with E-state index < -0.39 is 0 Å². The molecule has 0 saturated heterocycles. The topological polar surface area (TPSA) is 38.1 Å². The van der Waals surface area contributed by atoms with Crippen LogP contribution in [0.1, 0.15) is 11.1 Å². The summed E-state index contributed by atoms with van der Waals surface area (Å²) >= 11 is 3.37. The Balaban J connectivity index is 1.92. The molecule has 0 saturated carbocycles. The van der Waals surface area contributed by atoms with Gasteiger partial charge in [-0.1, -0.05) is 21.1 Å². The second kappa shape index (κ2) is 5.23. The van der Waals surface area contributed by atoms with Crippen LogP contribution in [0.2, 0.25) is 0 Å². The van der Waals surface area contributed by atoms with Crippen molar-refractivity contribution in [2.24, 2.45) is 0 Å². The molecule has 1 N–H and O–H groups in total. The number of halogens is 2. The van der Waals surface area contributed by atoms with Crippen molar-refractivity contribution in [3.8, 4) is 0 Å². The molecule has 0 spiro atoms. The molecule has 0 unspecified atom stereocenters. The Morgan fingerprint density at radius 2 is 2.25 bits per heavy atom. The maximum Gasteiger partial charge on any atom is 0.128 e. The van der Waals surface area contributed by atoms with E-state index in [9.17, 15) is 4.39 Å². The maximum atomic E-state index is 13.0. The Labute approximate surface area is 101 Å². The standard InChI is InChI=1S/C11H10BrFN2O/c12-11-2-1-10(13)3-9(11)6-14-4-8-5-15-16-7-8/h1-3,5,7,14H,4,6H2. The number of nitrogens with one attached hydrogen (secondary N) is 1. The van der Waals surface area contributed by atoms with E-state index in [1.807, 2.05) is 0 Å². The van der Waals surface area contributed by atoms with E-state index in [0.29, 0.717) is 13.1 Å². The number of nitrogens with zero attached hydrogens (tertiary/aromatic N) is 1. The molecule has 16 heavy (non-hydrogen) atoms. The van der Waals surface area contributed by atoms with Gasteiger partial charge in [0, 0.05) is 23.1 Å². The van der Waals surface area contributed by atoms with E-state index in [1.54, 1.807) is 18.5 Å². The van der Waals surface area contributed by atoms with Crippen LogP contribution < -0.4 is 5.32 Å². The monoisotopic (exact) mass is 284 g/mol. The van der Waals surface area contributed by atoms with Crippen molar-refractivity contribution in [1.82, 2.24) is 10.5 Å². The summed E-state index contributed by atoms with van der Waals surface area (Å²) in [5.74, 6) is -0.232. The van der Waals surface area contributed by atoms with Gasteiger partial charge in [-0.2, -0.15) is 0 Å². The van der Waals surface area contributed by atoms with Gasteiger partial charge in [0.2, 0.25) is 0 Å². The van der Waals surface area contributed by atoms with Crippen LogP contribution in [0.3, 0.4) is 0 Å². The summed E-state index contributed by atoms with van der Waals surface area (Å²) < 4.78 is 18.6. The van der Waals surface area contributed by atoms with Crippen LogP contribution in [0, 0.1) is 5.82 Å². The lowest BCUT2D eigenvalue weighted by Gasteiger charge is -2.05. The minimum atomic E-state index is -0.232. The summed E-state index contributed by atoms with van der Waals surface area (Å²) in [5, 5.41) is 6.77. The van der Waals surface area contributed by atoms with E-state index in [-0.39, 0.29) is 5.82 Å². The predicted molar refractivity (Wildman–Crippen MR) is 61.1 cm³/mol. The molecule has 0 aliphatic carbocycles. The van der Waals surface area contributed by atoms with Crippen molar-refractivity contribution >= 4 is 15.9 Å². The van der Waals surface area contributed by atoms with E-state index in [2.05, 4.69) is 26.4 Å². The molecule has 0 atom stereocenters. The summed E-state index contributed by atoms with van der Waals surface area (Å²) in [5.41, 5.74) is 1.85. The Kier molecular flexibility index (Phi) is 3.69. The summed E-state index contributed by atoms with van der Waals surface area (Å²) in [4.78, 5) is 0. The molecule has 84 valence electrons. The molecule has 3 nitrogen and oxygen atoms in total. The molecule has 0 radical (unpaired) electrons. The quantitative estimate of drug-likeness (QED) is 0.938. The number of hydrogen-bond acceptors (Lipinski definition) is 3. The fraction of sp³-hybridized carbons (Fsp3) is 0.182. The van der Waals surface area contributed by atoms with Crippen LogP contribution in [-0.4, -0.2) is 5.16 Å². The Hall–Kier alpha value is -1.20. The highest BCUT2D eigenvalue weighted by atomic mass is 79.9. The first-order valence-corrected chi connectivity index (χ1v) is 5.58. The van der Waals surface area contributed by atoms with Crippen molar-refractivity contribution in [1.29, 1.82) is 0 Å². The molecule has 0 aliphatic heterocycles. The minimum absolute atomic E-state index is 0.232. The van der Waals surface area contributed by atoms with Gasteiger partial charge in [0.15, 0.2) is 0 Å². The predicted octanol–water partition coefficient (Wildman–Crippen LogP) is 2.87. The lowest BCUT2D eigenvalue weighted by atomic mass is 10.2. The summed E-state index contributed by atoms with van der Waals surface area (Å²) in [6.07, 6.45) is 3.22. The first-order valence-electron chi connectivity index (χ1n) is 4.78. The number of benzene rings is 1. The Morgan fingerprint density at radius 1 is 1.38 bits per heavy atom. The van der Waals surface area contributed by atoms with Gasteiger partial charge in [-0.25, -0.2) is 4.39 Å². The van der Waals surface area contributed by atoms with Gasteiger partial charge in [-0.05, 0) is 23.8 Å². The minimum Gasteiger partial charge on any atom is -0.364 e. The molecule has 1 heterocycles. The Morgan fingerprint density at radius 3 is 3.00 bits per heavy atom. The average molecular weight is 285 g/mol. The molecule has 0 bridgehead atoms. The van der Waals surface area contributed by atoms with Crippen molar-refractivity contribution in [3.63, 3.8) is 0 Å². The van der Waals surface area contributed by atoms with Crippen LogP contribution in [-0.2, 0) is 13.1 Å². The van der Waals surface area contributed by atoms with Crippen LogP contribution >= 0.6 is 15.9 Å². The third kappa shape index (κ3) is 2.90. The maximum absolute atomic E-state index is 13.0. The highest BCUT2D eigenvalue weighted by Gasteiger charge is 2.02. The third-order valence-electron chi connectivity index (χ3n) is 2.14. The van der Waals surface area contributed by atoms with Crippen molar-refractivity contribution in [2.45, 2.75) is 13.1 Å². The zero-order chi connectivity index (χ0) is 11.4. The summed E-state index contributed by atoms with van der Waals surface area (Å²) in [6.45, 7) is 1.23. The fourth-order valence-corrected chi connectivity index (χ4v) is 1.72. The first-order chi connectivity index (χ1) is 7.75.